The topological polar surface area (TPSA) is 121 Å². The number of carbonyl (C=O) groups is 1. The van der Waals surface area contributed by atoms with Gasteiger partial charge in [0.25, 0.3) is 0 Å². The van der Waals surface area contributed by atoms with E-state index in [9.17, 15) is 10.1 Å². The van der Waals surface area contributed by atoms with Crippen LogP contribution in [0.3, 0.4) is 0 Å². The van der Waals surface area contributed by atoms with Crippen LogP contribution in [0.5, 0.6) is 11.5 Å². The van der Waals surface area contributed by atoms with Gasteiger partial charge in [0.1, 0.15) is 17.6 Å². The van der Waals surface area contributed by atoms with Gasteiger partial charge in [-0.05, 0) is 45.1 Å². The molecule has 0 spiro atoms. The van der Waals surface area contributed by atoms with Crippen LogP contribution in [0.2, 0.25) is 0 Å². The number of para-hydroxylation sites is 1. The Bertz CT molecular complexity index is 1720. The molecule has 0 unspecified atom stereocenters. The molecule has 5 rings (SSSR count). The zero-order valence-corrected chi connectivity index (χ0v) is 25.1. The molecule has 1 aliphatic carbocycles. The summed E-state index contributed by atoms with van der Waals surface area (Å²) in [6.07, 6.45) is 6.98. The Labute approximate surface area is 251 Å². The lowest BCUT2D eigenvalue weighted by Gasteiger charge is -2.26. The number of hydrogen-bond acceptors (Lipinski definition) is 9. The van der Waals surface area contributed by atoms with Gasteiger partial charge in [0.15, 0.2) is 0 Å². The quantitative estimate of drug-likeness (QED) is 0.218. The van der Waals surface area contributed by atoms with Gasteiger partial charge in [-0.3, -0.25) is 4.79 Å². The zero-order chi connectivity index (χ0) is 30.7. The first kappa shape index (κ1) is 29.4. The molecule has 0 radical (unpaired) electrons. The Morgan fingerprint density at radius 3 is 2.58 bits per heavy atom. The summed E-state index contributed by atoms with van der Waals surface area (Å²) in [6, 6.07) is 12.2. The Hall–Kier alpha value is -5.08. The van der Waals surface area contributed by atoms with Crippen molar-refractivity contribution in [3.05, 3.63) is 60.9 Å². The predicted molar refractivity (Wildman–Crippen MR) is 169 cm³/mol. The van der Waals surface area contributed by atoms with E-state index in [1.165, 1.54) is 12.3 Å². The van der Waals surface area contributed by atoms with Gasteiger partial charge in [-0.1, -0.05) is 18.7 Å². The maximum absolute atomic E-state index is 12.4. The van der Waals surface area contributed by atoms with Gasteiger partial charge in [0, 0.05) is 49.4 Å². The van der Waals surface area contributed by atoms with Gasteiger partial charge in [0.05, 0.1) is 54.3 Å². The highest BCUT2D eigenvalue weighted by Crippen LogP contribution is 2.44. The molecule has 0 atom stereocenters. The summed E-state index contributed by atoms with van der Waals surface area (Å²) in [4.78, 5) is 25.7. The molecule has 11 heteroatoms. The van der Waals surface area contributed by atoms with Crippen LogP contribution in [0.25, 0.3) is 22.2 Å². The highest BCUT2D eigenvalue weighted by atomic mass is 16.5. The van der Waals surface area contributed by atoms with E-state index in [1.807, 2.05) is 50.3 Å². The Balaban J connectivity index is 1.58. The lowest BCUT2D eigenvalue weighted by atomic mass is 10.1. The van der Waals surface area contributed by atoms with Crippen molar-refractivity contribution in [2.24, 2.45) is 0 Å². The normalized spacial score (nSPS) is 12.6. The second-order valence-corrected chi connectivity index (χ2v) is 10.7. The average molecular weight is 581 g/mol. The van der Waals surface area contributed by atoms with Crippen LogP contribution in [-0.4, -0.2) is 73.8 Å². The fourth-order valence-corrected chi connectivity index (χ4v) is 5.03. The molecule has 222 valence electrons. The second-order valence-electron chi connectivity index (χ2n) is 10.7. The van der Waals surface area contributed by atoms with Crippen LogP contribution in [0.15, 0.2) is 55.4 Å². The molecule has 1 amide bonds. The zero-order valence-electron chi connectivity index (χ0n) is 25.1. The number of rotatable bonds is 12. The average Bonchev–Trinajstić information content (AvgIpc) is 3.79. The first-order valence-corrected chi connectivity index (χ1v) is 14.0. The highest BCUT2D eigenvalue weighted by molar-refractivity contribution is 6.02. The number of hydrogen-bond donors (Lipinski definition) is 2. The summed E-state index contributed by atoms with van der Waals surface area (Å²) in [5.74, 6) is 1.25. The van der Waals surface area contributed by atoms with Crippen LogP contribution in [0.4, 0.5) is 23.0 Å². The molecule has 1 aliphatic rings. The van der Waals surface area contributed by atoms with Crippen molar-refractivity contribution in [1.29, 1.82) is 5.26 Å². The Kier molecular flexibility index (Phi) is 8.50. The van der Waals surface area contributed by atoms with Gasteiger partial charge < -0.3 is 34.5 Å². The van der Waals surface area contributed by atoms with Crippen molar-refractivity contribution < 1.29 is 14.3 Å². The minimum absolute atomic E-state index is 0.275. The first-order chi connectivity index (χ1) is 20.8. The largest absolute Gasteiger partial charge is 0.495 e. The summed E-state index contributed by atoms with van der Waals surface area (Å²) >= 11 is 0. The van der Waals surface area contributed by atoms with Crippen molar-refractivity contribution in [2.75, 3.05) is 64.0 Å². The maximum atomic E-state index is 12.4. The highest BCUT2D eigenvalue weighted by Gasteiger charge is 2.28. The van der Waals surface area contributed by atoms with Gasteiger partial charge >= 0.3 is 0 Å². The number of aromatic nitrogens is 3. The van der Waals surface area contributed by atoms with E-state index in [0.29, 0.717) is 34.4 Å². The third-order valence-corrected chi connectivity index (χ3v) is 7.44. The number of nitriles is 1. The number of nitrogens with zero attached hydrogens (tertiary/aromatic N) is 6. The van der Waals surface area contributed by atoms with Gasteiger partial charge in [0.2, 0.25) is 11.9 Å². The maximum Gasteiger partial charge on any atom is 0.247 e. The van der Waals surface area contributed by atoms with E-state index in [1.54, 1.807) is 20.3 Å². The van der Waals surface area contributed by atoms with E-state index < -0.39 is 0 Å². The molecule has 0 aliphatic heterocycles. The standard InChI is InChI=1S/C32H36N8O3/c1-7-29(41)35-24-15-25(28(43-6)16-26(24)39(4)14-13-38(2)3)36-32-34-18-20(17-33)30(37-32)23-19-40(21-11-12-21)31-22(23)9-8-10-27(31)42-5/h7-10,15-16,18-19,21H,1,11-14H2,2-6H3,(H,35,41)(H,34,36,37). The van der Waals surface area contributed by atoms with Crippen molar-refractivity contribution in [3.8, 4) is 28.8 Å². The minimum Gasteiger partial charge on any atom is -0.495 e. The van der Waals surface area contributed by atoms with Crippen molar-refractivity contribution >= 4 is 39.8 Å². The number of fused-ring (bicyclic) bond motifs is 1. The van der Waals surface area contributed by atoms with Crippen LogP contribution in [0, 0.1) is 11.3 Å². The number of carbonyl (C=O) groups excluding carboxylic acids is 1. The predicted octanol–water partition coefficient (Wildman–Crippen LogP) is 5.19. The van der Waals surface area contributed by atoms with Crippen molar-refractivity contribution in [2.45, 2.75) is 18.9 Å². The number of benzene rings is 2. The molecule has 2 aromatic heterocycles. The van der Waals surface area contributed by atoms with Gasteiger partial charge in [-0.2, -0.15) is 5.26 Å². The lowest BCUT2D eigenvalue weighted by Crippen LogP contribution is -2.29. The number of amides is 1. The molecule has 1 saturated carbocycles. The van der Waals surface area contributed by atoms with E-state index in [-0.39, 0.29) is 11.9 Å². The molecule has 2 heterocycles. The second kappa shape index (κ2) is 12.4. The Morgan fingerprint density at radius 1 is 1.16 bits per heavy atom. The Morgan fingerprint density at radius 2 is 1.93 bits per heavy atom. The third kappa shape index (κ3) is 6.10. The monoisotopic (exact) mass is 580 g/mol. The van der Waals surface area contributed by atoms with Crippen molar-refractivity contribution in [1.82, 2.24) is 19.4 Å². The first-order valence-electron chi connectivity index (χ1n) is 14.0. The molecule has 2 aromatic carbocycles. The third-order valence-electron chi connectivity index (χ3n) is 7.44. The number of ether oxygens (including phenoxy) is 2. The molecule has 11 nitrogen and oxygen atoms in total. The van der Waals surface area contributed by atoms with E-state index in [4.69, 9.17) is 14.5 Å². The van der Waals surface area contributed by atoms with Gasteiger partial charge in [-0.25, -0.2) is 9.97 Å². The van der Waals surface area contributed by atoms with Crippen LogP contribution < -0.4 is 25.0 Å². The summed E-state index contributed by atoms with van der Waals surface area (Å²) in [6.45, 7) is 5.13. The summed E-state index contributed by atoms with van der Waals surface area (Å²) in [5, 5.41) is 17.1. The SMILES string of the molecule is C=CC(=O)Nc1cc(Nc2ncc(C#N)c(-c3cn(C4CC4)c4c(OC)cccc34)n2)c(OC)cc1N(C)CCN(C)C. The summed E-state index contributed by atoms with van der Waals surface area (Å²) in [7, 11) is 9.22. The molecule has 1 fully saturated rings. The molecule has 0 saturated heterocycles. The molecule has 2 N–H and O–H groups in total. The van der Waals surface area contributed by atoms with E-state index in [2.05, 4.69) is 43.9 Å². The van der Waals surface area contributed by atoms with Crippen molar-refractivity contribution in [3.63, 3.8) is 0 Å². The molecule has 4 aromatic rings. The number of likely N-dealkylation sites (N-methyl/N-ethyl adjacent to an activating group) is 2. The molecule has 0 bridgehead atoms. The summed E-state index contributed by atoms with van der Waals surface area (Å²) < 4.78 is 13.7. The minimum atomic E-state index is -0.335. The van der Waals surface area contributed by atoms with Crippen LogP contribution >= 0.6 is 0 Å². The van der Waals surface area contributed by atoms with Crippen LogP contribution in [-0.2, 0) is 4.79 Å². The van der Waals surface area contributed by atoms with Gasteiger partial charge in [-0.15, -0.1) is 0 Å². The number of methoxy groups -OCH3 is 2. The summed E-state index contributed by atoms with van der Waals surface area (Å²) in [5.41, 5.74) is 4.57. The van der Waals surface area contributed by atoms with Crippen LogP contribution in [0.1, 0.15) is 24.4 Å². The smallest absolute Gasteiger partial charge is 0.247 e. The number of nitrogens with one attached hydrogen (secondary N) is 2. The number of anilines is 4. The molecular formula is C32H36N8O3. The van der Waals surface area contributed by atoms with E-state index >= 15 is 0 Å². The fraction of sp³-hybridized carbons (Fsp3) is 0.312. The van der Waals surface area contributed by atoms with E-state index in [0.717, 1.165) is 53.8 Å². The lowest BCUT2D eigenvalue weighted by molar-refractivity contribution is -0.111. The molecule has 43 heavy (non-hydrogen) atoms. The fourth-order valence-electron chi connectivity index (χ4n) is 5.03. The molecular weight excluding hydrogens is 544 g/mol.